The highest BCUT2D eigenvalue weighted by Crippen LogP contribution is 2.21. The second-order valence-corrected chi connectivity index (χ2v) is 4.75. The minimum absolute atomic E-state index is 0.114. The SMILES string of the molecule is CCCCN(CC(=O)O)c1cc2cccc(F)c2oc1=O. The maximum Gasteiger partial charge on any atom is 0.360 e. The van der Waals surface area contributed by atoms with Crippen LogP contribution in [0.5, 0.6) is 0 Å². The van der Waals surface area contributed by atoms with Crippen LogP contribution in [0.4, 0.5) is 10.1 Å². The van der Waals surface area contributed by atoms with Crippen molar-refractivity contribution in [1.29, 1.82) is 0 Å². The highest BCUT2D eigenvalue weighted by molar-refractivity contribution is 5.81. The molecule has 0 aliphatic heterocycles. The average Bonchev–Trinajstić information content (AvgIpc) is 2.43. The Morgan fingerprint density at radius 2 is 2.19 bits per heavy atom. The molecular weight excluding hydrogens is 277 g/mol. The molecule has 21 heavy (non-hydrogen) atoms. The molecule has 0 saturated heterocycles. The van der Waals surface area contributed by atoms with Gasteiger partial charge in [0.05, 0.1) is 0 Å². The molecule has 0 radical (unpaired) electrons. The Labute approximate surface area is 120 Å². The van der Waals surface area contributed by atoms with Gasteiger partial charge >= 0.3 is 11.6 Å². The molecule has 1 aromatic heterocycles. The van der Waals surface area contributed by atoms with Crippen molar-refractivity contribution in [1.82, 2.24) is 0 Å². The van der Waals surface area contributed by atoms with Gasteiger partial charge in [0.1, 0.15) is 12.2 Å². The number of benzene rings is 1. The third-order valence-corrected chi connectivity index (χ3v) is 3.14. The largest absolute Gasteiger partial charge is 0.480 e. The number of carboxylic acids is 1. The summed E-state index contributed by atoms with van der Waals surface area (Å²) in [4.78, 5) is 24.4. The summed E-state index contributed by atoms with van der Waals surface area (Å²) in [6.45, 7) is 2.09. The molecule has 6 heteroatoms. The molecule has 5 nitrogen and oxygen atoms in total. The van der Waals surface area contributed by atoms with Crippen LogP contribution in [0, 0.1) is 5.82 Å². The topological polar surface area (TPSA) is 70.8 Å². The number of unbranched alkanes of at least 4 members (excludes halogenated alkanes) is 1. The third-order valence-electron chi connectivity index (χ3n) is 3.14. The molecule has 0 atom stereocenters. The maximum atomic E-state index is 13.6. The Hall–Kier alpha value is -2.37. The van der Waals surface area contributed by atoms with E-state index in [2.05, 4.69) is 0 Å². The summed E-state index contributed by atoms with van der Waals surface area (Å²) in [6, 6.07) is 5.80. The van der Waals surface area contributed by atoms with Crippen molar-refractivity contribution >= 4 is 22.6 Å². The molecule has 1 N–H and O–H groups in total. The van der Waals surface area contributed by atoms with Gasteiger partial charge in [-0.15, -0.1) is 0 Å². The molecule has 2 rings (SSSR count). The van der Waals surface area contributed by atoms with Crippen molar-refractivity contribution < 1.29 is 18.7 Å². The smallest absolute Gasteiger partial charge is 0.360 e. The quantitative estimate of drug-likeness (QED) is 0.829. The van der Waals surface area contributed by atoms with Gasteiger partial charge in [0.25, 0.3) is 0 Å². The maximum absolute atomic E-state index is 13.6. The summed E-state index contributed by atoms with van der Waals surface area (Å²) < 4.78 is 18.6. The fourth-order valence-electron chi connectivity index (χ4n) is 2.12. The minimum atomic E-state index is -1.04. The van der Waals surface area contributed by atoms with Crippen LogP contribution < -0.4 is 10.5 Å². The highest BCUT2D eigenvalue weighted by atomic mass is 19.1. The Morgan fingerprint density at radius 3 is 2.86 bits per heavy atom. The first-order valence-electron chi connectivity index (χ1n) is 6.72. The molecule has 0 fully saturated rings. The number of hydrogen-bond acceptors (Lipinski definition) is 4. The lowest BCUT2D eigenvalue weighted by Crippen LogP contribution is -2.33. The number of carboxylic acid groups (broad SMARTS) is 1. The van der Waals surface area contributed by atoms with Crippen LogP contribution in [-0.4, -0.2) is 24.2 Å². The zero-order chi connectivity index (χ0) is 15.4. The summed E-state index contributed by atoms with van der Waals surface area (Å²) in [5, 5.41) is 9.39. The summed E-state index contributed by atoms with van der Waals surface area (Å²) in [6.07, 6.45) is 1.61. The molecule has 1 aromatic carbocycles. The number of anilines is 1. The summed E-state index contributed by atoms with van der Waals surface area (Å²) in [5.41, 5.74) is -0.703. The summed E-state index contributed by atoms with van der Waals surface area (Å²) >= 11 is 0. The lowest BCUT2D eigenvalue weighted by molar-refractivity contribution is -0.135. The van der Waals surface area contributed by atoms with Crippen molar-refractivity contribution in [3.05, 3.63) is 40.5 Å². The molecule has 0 unspecified atom stereocenters. The van der Waals surface area contributed by atoms with Crippen molar-refractivity contribution in [2.75, 3.05) is 18.0 Å². The second-order valence-electron chi connectivity index (χ2n) is 4.75. The van der Waals surface area contributed by atoms with Crippen molar-refractivity contribution in [2.24, 2.45) is 0 Å². The summed E-state index contributed by atoms with van der Waals surface area (Å²) in [7, 11) is 0. The first-order chi connectivity index (χ1) is 10.0. The zero-order valence-electron chi connectivity index (χ0n) is 11.6. The van der Waals surface area contributed by atoms with Gasteiger partial charge in [-0.2, -0.15) is 0 Å². The fourth-order valence-corrected chi connectivity index (χ4v) is 2.12. The van der Waals surface area contributed by atoms with E-state index in [0.717, 1.165) is 12.8 Å². The minimum Gasteiger partial charge on any atom is -0.480 e. The van der Waals surface area contributed by atoms with E-state index >= 15 is 0 Å². The Kier molecular flexibility index (Phi) is 4.57. The van der Waals surface area contributed by atoms with E-state index in [0.29, 0.717) is 11.9 Å². The van der Waals surface area contributed by atoms with Crippen molar-refractivity contribution in [2.45, 2.75) is 19.8 Å². The molecular formula is C15H16FNO4. The van der Waals surface area contributed by atoms with Crippen LogP contribution in [0.1, 0.15) is 19.8 Å². The lowest BCUT2D eigenvalue weighted by atomic mass is 10.2. The molecule has 0 aliphatic rings. The monoisotopic (exact) mass is 293 g/mol. The van der Waals surface area contributed by atoms with Crippen LogP contribution in [-0.2, 0) is 4.79 Å². The summed E-state index contributed by atoms with van der Waals surface area (Å²) in [5.74, 6) is -1.65. The third kappa shape index (κ3) is 3.39. The van der Waals surface area contributed by atoms with E-state index in [1.54, 1.807) is 6.07 Å². The van der Waals surface area contributed by atoms with Gasteiger partial charge < -0.3 is 14.4 Å². The van der Waals surface area contributed by atoms with Gasteiger partial charge in [-0.25, -0.2) is 9.18 Å². The highest BCUT2D eigenvalue weighted by Gasteiger charge is 2.17. The van der Waals surface area contributed by atoms with Crippen LogP contribution in [0.2, 0.25) is 0 Å². The first kappa shape index (κ1) is 15.0. The number of rotatable bonds is 6. The van der Waals surface area contributed by atoms with Gasteiger partial charge in [-0.05, 0) is 18.6 Å². The fraction of sp³-hybridized carbons (Fsp3) is 0.333. The molecule has 1 heterocycles. The molecule has 0 amide bonds. The van der Waals surface area contributed by atoms with E-state index in [-0.39, 0.29) is 17.8 Å². The number of carbonyl (C=O) groups is 1. The zero-order valence-corrected chi connectivity index (χ0v) is 11.6. The number of halogens is 1. The van der Waals surface area contributed by atoms with E-state index in [1.165, 1.54) is 23.1 Å². The molecule has 0 spiro atoms. The van der Waals surface area contributed by atoms with Gasteiger partial charge in [0.2, 0.25) is 0 Å². The number of aliphatic carboxylic acids is 1. The molecule has 0 saturated carbocycles. The van der Waals surface area contributed by atoms with Crippen LogP contribution in [0.25, 0.3) is 11.0 Å². The van der Waals surface area contributed by atoms with Gasteiger partial charge in [0, 0.05) is 11.9 Å². The molecule has 112 valence electrons. The standard InChI is InChI=1S/C15H16FNO4/c1-2-3-7-17(9-13(18)19)12-8-10-5-4-6-11(16)14(10)21-15(12)20/h4-6,8H,2-3,7,9H2,1H3,(H,18,19). The Bertz CT molecular complexity index is 710. The Balaban J connectivity index is 2.49. The van der Waals surface area contributed by atoms with Gasteiger partial charge in [0.15, 0.2) is 11.4 Å². The van der Waals surface area contributed by atoms with E-state index in [4.69, 9.17) is 9.52 Å². The number of fused-ring (bicyclic) bond motifs is 1. The van der Waals surface area contributed by atoms with Crippen LogP contribution >= 0.6 is 0 Å². The normalized spacial score (nSPS) is 10.8. The van der Waals surface area contributed by atoms with Crippen LogP contribution in [0.15, 0.2) is 33.5 Å². The van der Waals surface area contributed by atoms with Gasteiger partial charge in [-0.3, -0.25) is 4.79 Å². The predicted octanol–water partition coefficient (Wildman–Crippen LogP) is 2.62. The van der Waals surface area contributed by atoms with E-state index in [1.807, 2.05) is 6.92 Å². The first-order valence-corrected chi connectivity index (χ1v) is 6.72. The van der Waals surface area contributed by atoms with Crippen molar-refractivity contribution in [3.63, 3.8) is 0 Å². The van der Waals surface area contributed by atoms with Crippen molar-refractivity contribution in [3.8, 4) is 0 Å². The molecule has 0 bridgehead atoms. The van der Waals surface area contributed by atoms with E-state index < -0.39 is 17.4 Å². The average molecular weight is 293 g/mol. The molecule has 0 aliphatic carbocycles. The van der Waals surface area contributed by atoms with E-state index in [9.17, 15) is 14.0 Å². The second kappa shape index (κ2) is 6.39. The van der Waals surface area contributed by atoms with Gasteiger partial charge in [-0.1, -0.05) is 25.5 Å². The number of hydrogen-bond donors (Lipinski definition) is 1. The Morgan fingerprint density at radius 1 is 1.43 bits per heavy atom. The lowest BCUT2D eigenvalue weighted by Gasteiger charge is -2.21. The number of nitrogens with zero attached hydrogens (tertiary/aromatic N) is 1. The number of para-hydroxylation sites is 1. The predicted molar refractivity (Wildman–Crippen MR) is 77.2 cm³/mol. The van der Waals surface area contributed by atoms with Crippen LogP contribution in [0.3, 0.4) is 0 Å². The molecule has 2 aromatic rings.